The highest BCUT2D eigenvalue weighted by atomic mass is 16.5. The molecule has 124 valence electrons. The molecule has 4 heterocycles. The number of pyridine rings is 1. The van der Waals surface area contributed by atoms with Crippen molar-refractivity contribution >= 4 is 11.5 Å². The van der Waals surface area contributed by atoms with Gasteiger partial charge in [-0.2, -0.15) is 4.52 Å². The Hall–Kier alpha value is -2.54. The molecular weight excluding hydrogens is 304 g/mol. The van der Waals surface area contributed by atoms with E-state index in [0.717, 1.165) is 37.5 Å². The van der Waals surface area contributed by atoms with Gasteiger partial charge in [-0.05, 0) is 44.0 Å². The summed E-state index contributed by atoms with van der Waals surface area (Å²) < 4.78 is 7.63. The predicted octanol–water partition coefficient (Wildman–Crippen LogP) is 2.19. The molecule has 0 amide bonds. The average Bonchev–Trinajstić information content (AvgIpc) is 3.21. The number of hydrogen-bond donors (Lipinski definition) is 0. The number of aromatic nitrogens is 5. The second-order valence-corrected chi connectivity index (χ2v) is 6.46. The molecule has 0 N–H and O–H groups in total. The van der Waals surface area contributed by atoms with Crippen molar-refractivity contribution in [1.29, 1.82) is 0 Å². The molecule has 4 rings (SSSR count). The highest BCUT2D eigenvalue weighted by Gasteiger charge is 2.31. The van der Waals surface area contributed by atoms with E-state index in [4.69, 9.17) is 9.84 Å². The molecule has 7 nitrogen and oxygen atoms in total. The molecule has 0 spiro atoms. The first kappa shape index (κ1) is 15.0. The van der Waals surface area contributed by atoms with Crippen molar-refractivity contribution in [3.8, 4) is 11.5 Å². The van der Waals surface area contributed by atoms with Gasteiger partial charge in [-0.1, -0.05) is 6.07 Å². The maximum Gasteiger partial charge on any atom is 0.203 e. The van der Waals surface area contributed by atoms with Gasteiger partial charge in [-0.15, -0.1) is 15.3 Å². The van der Waals surface area contributed by atoms with Crippen LogP contribution >= 0.6 is 0 Å². The number of fused-ring (bicyclic) bond motifs is 1. The van der Waals surface area contributed by atoms with Gasteiger partial charge in [0, 0.05) is 26.4 Å². The summed E-state index contributed by atoms with van der Waals surface area (Å²) in [5.74, 6) is 1.50. The van der Waals surface area contributed by atoms with Gasteiger partial charge in [0.15, 0.2) is 5.65 Å². The van der Waals surface area contributed by atoms with Crippen molar-refractivity contribution in [2.45, 2.75) is 25.4 Å². The zero-order chi connectivity index (χ0) is 16.6. The molecule has 0 saturated carbocycles. The molecule has 0 bridgehead atoms. The summed E-state index contributed by atoms with van der Waals surface area (Å²) in [5.41, 5.74) is 1.35. The molecule has 7 heteroatoms. The number of anilines is 1. The predicted molar refractivity (Wildman–Crippen MR) is 90.9 cm³/mol. The third kappa shape index (κ3) is 2.71. The van der Waals surface area contributed by atoms with Crippen LogP contribution in [0.15, 0.2) is 36.5 Å². The Labute approximate surface area is 140 Å². The van der Waals surface area contributed by atoms with E-state index in [2.05, 4.69) is 27.0 Å². The molecule has 1 aliphatic heterocycles. The molecule has 0 aliphatic carbocycles. The third-order valence-electron chi connectivity index (χ3n) is 4.41. The largest absolute Gasteiger partial charge is 0.373 e. The minimum Gasteiger partial charge on any atom is -0.373 e. The lowest BCUT2D eigenvalue weighted by Crippen LogP contribution is -2.39. The molecule has 1 aliphatic rings. The zero-order valence-corrected chi connectivity index (χ0v) is 13.9. The molecule has 1 unspecified atom stereocenters. The quantitative estimate of drug-likeness (QED) is 0.733. The maximum atomic E-state index is 5.89. The van der Waals surface area contributed by atoms with Crippen LogP contribution in [0.4, 0.5) is 5.82 Å². The summed E-state index contributed by atoms with van der Waals surface area (Å²) in [5, 5.41) is 13.1. The lowest BCUT2D eigenvalue weighted by atomic mass is 10.0. The number of hydrogen-bond acceptors (Lipinski definition) is 6. The number of likely N-dealkylation sites (N-methyl/N-ethyl adjacent to an activating group) is 1. The van der Waals surface area contributed by atoms with Crippen LogP contribution in [0.5, 0.6) is 0 Å². The van der Waals surface area contributed by atoms with Crippen molar-refractivity contribution in [3.05, 3.63) is 36.5 Å². The van der Waals surface area contributed by atoms with Crippen LogP contribution in [-0.2, 0) is 4.74 Å². The molecule has 3 aromatic rings. The highest BCUT2D eigenvalue weighted by molar-refractivity contribution is 5.55. The molecule has 3 aromatic heterocycles. The van der Waals surface area contributed by atoms with Crippen molar-refractivity contribution in [2.24, 2.45) is 0 Å². The zero-order valence-electron chi connectivity index (χ0n) is 13.9. The molecule has 0 radical (unpaired) electrons. The van der Waals surface area contributed by atoms with Gasteiger partial charge >= 0.3 is 0 Å². The van der Waals surface area contributed by atoms with Crippen LogP contribution in [0.2, 0.25) is 0 Å². The van der Waals surface area contributed by atoms with Gasteiger partial charge in [0.25, 0.3) is 0 Å². The maximum absolute atomic E-state index is 5.89. The smallest absolute Gasteiger partial charge is 0.203 e. The SMILES string of the molecule is CN(CC1(C)CCCO1)c1ccc2nnc(-c3ccccn3)n2n1. The Bertz CT molecular complexity index is 841. The van der Waals surface area contributed by atoms with E-state index in [-0.39, 0.29) is 5.60 Å². The lowest BCUT2D eigenvalue weighted by molar-refractivity contribution is 0.0271. The molecule has 1 fully saturated rings. The molecular formula is C17H20N6O. The van der Waals surface area contributed by atoms with Gasteiger partial charge < -0.3 is 9.64 Å². The number of ether oxygens (including phenoxy) is 1. The topological polar surface area (TPSA) is 68.4 Å². The molecule has 1 saturated heterocycles. The Balaban J connectivity index is 1.67. The highest BCUT2D eigenvalue weighted by Crippen LogP contribution is 2.27. The van der Waals surface area contributed by atoms with Crippen LogP contribution in [-0.4, -0.2) is 50.6 Å². The molecule has 0 aromatic carbocycles. The van der Waals surface area contributed by atoms with Crippen molar-refractivity contribution in [1.82, 2.24) is 24.8 Å². The first-order chi connectivity index (χ1) is 11.6. The Morgan fingerprint density at radius 3 is 2.92 bits per heavy atom. The standard InChI is InChI=1S/C17H20N6O/c1-17(9-5-11-24-17)12-22(2)15-8-7-14-19-20-16(23(14)21-15)13-6-3-4-10-18-13/h3-4,6-8,10H,5,9,11-12H2,1-2H3. The van der Waals surface area contributed by atoms with Crippen LogP contribution in [0.1, 0.15) is 19.8 Å². The summed E-state index contributed by atoms with van der Waals surface area (Å²) in [4.78, 5) is 6.46. The van der Waals surface area contributed by atoms with E-state index < -0.39 is 0 Å². The van der Waals surface area contributed by atoms with Gasteiger partial charge in [0.05, 0.1) is 5.60 Å². The van der Waals surface area contributed by atoms with Gasteiger partial charge in [0.2, 0.25) is 5.82 Å². The fourth-order valence-corrected chi connectivity index (χ4v) is 3.18. The van der Waals surface area contributed by atoms with E-state index in [1.54, 1.807) is 10.7 Å². The monoisotopic (exact) mass is 324 g/mol. The van der Waals surface area contributed by atoms with E-state index in [0.29, 0.717) is 11.5 Å². The Morgan fingerprint density at radius 1 is 1.25 bits per heavy atom. The summed E-state index contributed by atoms with van der Waals surface area (Å²) in [6.07, 6.45) is 3.93. The first-order valence-corrected chi connectivity index (χ1v) is 8.14. The van der Waals surface area contributed by atoms with Crippen LogP contribution in [0, 0.1) is 0 Å². The van der Waals surface area contributed by atoms with Crippen molar-refractivity contribution in [2.75, 3.05) is 25.1 Å². The fourth-order valence-electron chi connectivity index (χ4n) is 3.18. The van der Waals surface area contributed by atoms with E-state index >= 15 is 0 Å². The van der Waals surface area contributed by atoms with Gasteiger partial charge in [-0.3, -0.25) is 4.98 Å². The van der Waals surface area contributed by atoms with Crippen molar-refractivity contribution in [3.63, 3.8) is 0 Å². The summed E-state index contributed by atoms with van der Waals surface area (Å²) in [7, 11) is 2.03. The molecule has 24 heavy (non-hydrogen) atoms. The van der Waals surface area contributed by atoms with Crippen LogP contribution in [0.25, 0.3) is 17.2 Å². The van der Waals surface area contributed by atoms with Crippen molar-refractivity contribution < 1.29 is 4.74 Å². The van der Waals surface area contributed by atoms with Crippen LogP contribution in [0.3, 0.4) is 0 Å². The third-order valence-corrected chi connectivity index (χ3v) is 4.41. The van der Waals surface area contributed by atoms with E-state index in [1.807, 2.05) is 37.4 Å². The average molecular weight is 324 g/mol. The Morgan fingerprint density at radius 2 is 2.17 bits per heavy atom. The number of nitrogens with zero attached hydrogens (tertiary/aromatic N) is 6. The molecule has 1 atom stereocenters. The van der Waals surface area contributed by atoms with Crippen LogP contribution < -0.4 is 4.90 Å². The second-order valence-electron chi connectivity index (χ2n) is 6.46. The lowest BCUT2D eigenvalue weighted by Gasteiger charge is -2.29. The normalized spacial score (nSPS) is 20.6. The van der Waals surface area contributed by atoms with E-state index in [1.165, 1.54) is 0 Å². The summed E-state index contributed by atoms with van der Waals surface area (Å²) in [6, 6.07) is 9.60. The summed E-state index contributed by atoms with van der Waals surface area (Å²) >= 11 is 0. The first-order valence-electron chi connectivity index (χ1n) is 8.14. The minimum atomic E-state index is -0.109. The Kier molecular flexibility index (Phi) is 3.65. The minimum absolute atomic E-state index is 0.109. The fraction of sp³-hybridized carbons (Fsp3) is 0.412. The number of rotatable bonds is 4. The second kappa shape index (κ2) is 5.83. The van der Waals surface area contributed by atoms with Gasteiger partial charge in [-0.25, -0.2) is 0 Å². The van der Waals surface area contributed by atoms with Gasteiger partial charge in [0.1, 0.15) is 11.5 Å². The summed E-state index contributed by atoms with van der Waals surface area (Å²) in [6.45, 7) is 3.80. The van der Waals surface area contributed by atoms with E-state index in [9.17, 15) is 0 Å².